The summed E-state index contributed by atoms with van der Waals surface area (Å²) in [6.07, 6.45) is -0.593. The van der Waals surface area contributed by atoms with Crippen LogP contribution < -0.4 is 5.73 Å². The topological polar surface area (TPSA) is 56.7 Å². The first-order valence-electron chi connectivity index (χ1n) is 7.01. The fourth-order valence-electron chi connectivity index (χ4n) is 2.68. The van der Waals surface area contributed by atoms with Crippen molar-refractivity contribution in [1.29, 1.82) is 0 Å². The molecule has 0 saturated heterocycles. The lowest BCUT2D eigenvalue weighted by Crippen LogP contribution is -2.12. The fourth-order valence-corrected chi connectivity index (χ4v) is 2.68. The summed E-state index contributed by atoms with van der Waals surface area (Å²) < 4.78 is 39.7. The smallest absolute Gasteiger partial charge is 0.327 e. The molecule has 4 nitrogen and oxygen atoms in total. The molecule has 0 amide bonds. The molecule has 2 aromatic rings. The lowest BCUT2D eigenvalue weighted by Gasteiger charge is -2.17. The molecule has 22 heavy (non-hydrogen) atoms. The van der Waals surface area contributed by atoms with Gasteiger partial charge in [-0.3, -0.25) is 0 Å². The molecular weight excluding hydrogens is 293 g/mol. The largest absolute Gasteiger partial charge is 0.416 e. The van der Waals surface area contributed by atoms with Gasteiger partial charge in [-0.15, -0.1) is 5.10 Å². The van der Waals surface area contributed by atoms with Crippen LogP contribution in [0.15, 0.2) is 30.3 Å². The molecule has 0 saturated carbocycles. The number of rotatable bonds is 2. The molecule has 7 heteroatoms. The zero-order valence-electron chi connectivity index (χ0n) is 11.8. The number of nitrogens with two attached hydrogens (primary N) is 1. The number of hydrogen-bond donors (Lipinski definition) is 1. The van der Waals surface area contributed by atoms with Crippen LogP contribution in [0, 0.1) is 0 Å². The second-order valence-electron chi connectivity index (χ2n) is 5.15. The van der Waals surface area contributed by atoms with E-state index in [1.54, 1.807) is 4.68 Å². The number of halogens is 3. The molecule has 0 unspecified atom stereocenters. The average Bonchev–Trinajstić information content (AvgIpc) is 2.92. The number of aryl methyl sites for hydroxylation is 1. The van der Waals surface area contributed by atoms with Gasteiger partial charge in [-0.05, 0) is 30.5 Å². The van der Waals surface area contributed by atoms with Crippen LogP contribution in [0.5, 0.6) is 0 Å². The van der Waals surface area contributed by atoms with Crippen LogP contribution in [0.4, 0.5) is 13.2 Å². The Morgan fingerprint density at radius 1 is 1.23 bits per heavy atom. The minimum atomic E-state index is -4.34. The van der Waals surface area contributed by atoms with E-state index in [9.17, 15) is 13.2 Å². The normalized spacial score (nSPS) is 16.8. The Balaban J connectivity index is 2.03. The van der Waals surface area contributed by atoms with Gasteiger partial charge in [0.1, 0.15) is 5.69 Å². The maximum absolute atomic E-state index is 12.6. The minimum Gasteiger partial charge on any atom is -0.327 e. The van der Waals surface area contributed by atoms with Gasteiger partial charge >= 0.3 is 6.18 Å². The van der Waals surface area contributed by atoms with Gasteiger partial charge in [0, 0.05) is 18.7 Å². The molecule has 0 aliphatic carbocycles. The second kappa shape index (κ2) is 5.57. The van der Waals surface area contributed by atoms with E-state index in [0.717, 1.165) is 42.8 Å². The van der Waals surface area contributed by atoms with E-state index < -0.39 is 11.7 Å². The predicted octanol–water partition coefficient (Wildman–Crippen LogP) is 3.10. The van der Waals surface area contributed by atoms with Crippen molar-refractivity contribution in [2.24, 2.45) is 5.73 Å². The lowest BCUT2D eigenvalue weighted by atomic mass is 9.97. The summed E-state index contributed by atoms with van der Waals surface area (Å²) in [6, 6.07) is 5.00. The van der Waals surface area contributed by atoms with Crippen molar-refractivity contribution >= 4 is 5.57 Å². The second-order valence-corrected chi connectivity index (χ2v) is 5.15. The predicted molar refractivity (Wildman–Crippen MR) is 76.7 cm³/mol. The van der Waals surface area contributed by atoms with Gasteiger partial charge in [-0.1, -0.05) is 23.4 Å². The van der Waals surface area contributed by atoms with Gasteiger partial charge in [0.2, 0.25) is 0 Å². The van der Waals surface area contributed by atoms with Crippen molar-refractivity contribution in [1.82, 2.24) is 15.0 Å². The molecule has 0 spiro atoms. The minimum absolute atomic E-state index is 0.410. The van der Waals surface area contributed by atoms with Crippen LogP contribution in [-0.2, 0) is 12.7 Å². The molecule has 116 valence electrons. The summed E-state index contributed by atoms with van der Waals surface area (Å²) >= 11 is 0. The van der Waals surface area contributed by atoms with Crippen LogP contribution >= 0.6 is 0 Å². The standard InChI is InChI=1S/C15H15F3N4/c16-15(17,18)12-5-3-10(4-6-12)13-14-11(7-8-19)2-1-9-22(14)21-20-13/h3-7H,1-2,8-9,19H2/b11-7+. The number of alkyl halides is 3. The Hall–Kier alpha value is -2.15. The van der Waals surface area contributed by atoms with Crippen molar-refractivity contribution in [3.8, 4) is 11.3 Å². The summed E-state index contributed by atoms with van der Waals surface area (Å²) in [6.45, 7) is 1.16. The van der Waals surface area contributed by atoms with E-state index in [1.807, 2.05) is 6.08 Å². The Bertz CT molecular complexity index is 699. The van der Waals surface area contributed by atoms with Crippen LogP contribution in [0.1, 0.15) is 24.1 Å². The van der Waals surface area contributed by atoms with Gasteiger partial charge in [-0.25, -0.2) is 4.68 Å². The monoisotopic (exact) mass is 308 g/mol. The zero-order valence-corrected chi connectivity index (χ0v) is 11.8. The quantitative estimate of drug-likeness (QED) is 0.927. The SMILES string of the molecule is NC/C=C1\CCCn2nnc(-c3ccc(C(F)(F)F)cc3)c21. The van der Waals surface area contributed by atoms with E-state index in [0.29, 0.717) is 17.8 Å². The Kier molecular flexibility index (Phi) is 3.74. The number of hydrogen-bond acceptors (Lipinski definition) is 3. The highest BCUT2D eigenvalue weighted by molar-refractivity contribution is 5.77. The summed E-state index contributed by atoms with van der Waals surface area (Å²) in [5.74, 6) is 0. The summed E-state index contributed by atoms with van der Waals surface area (Å²) in [5.41, 5.74) is 8.06. The first kappa shape index (κ1) is 14.8. The number of benzene rings is 1. The molecule has 2 heterocycles. The van der Waals surface area contributed by atoms with Crippen LogP contribution in [-0.4, -0.2) is 21.5 Å². The van der Waals surface area contributed by atoms with Crippen LogP contribution in [0.3, 0.4) is 0 Å². The zero-order chi connectivity index (χ0) is 15.7. The number of nitrogens with zero attached hydrogens (tertiary/aromatic N) is 3. The van der Waals surface area contributed by atoms with Crippen LogP contribution in [0.2, 0.25) is 0 Å². The molecule has 1 aromatic heterocycles. The van der Waals surface area contributed by atoms with Crippen molar-refractivity contribution in [3.63, 3.8) is 0 Å². The lowest BCUT2D eigenvalue weighted by molar-refractivity contribution is -0.137. The molecule has 0 atom stereocenters. The molecule has 0 fully saturated rings. The molecule has 1 aliphatic rings. The Labute approximate surface area is 125 Å². The van der Waals surface area contributed by atoms with Crippen molar-refractivity contribution in [3.05, 3.63) is 41.6 Å². The van der Waals surface area contributed by atoms with Gasteiger partial charge in [0.05, 0.1) is 11.3 Å². The summed E-state index contributed by atoms with van der Waals surface area (Å²) in [4.78, 5) is 0. The van der Waals surface area contributed by atoms with E-state index >= 15 is 0 Å². The summed E-state index contributed by atoms with van der Waals surface area (Å²) in [7, 11) is 0. The molecular formula is C15H15F3N4. The Morgan fingerprint density at radius 3 is 2.59 bits per heavy atom. The van der Waals surface area contributed by atoms with Gasteiger partial charge < -0.3 is 5.73 Å². The maximum Gasteiger partial charge on any atom is 0.416 e. The third-order valence-corrected chi connectivity index (χ3v) is 3.71. The fraction of sp³-hybridized carbons (Fsp3) is 0.333. The average molecular weight is 308 g/mol. The van der Waals surface area contributed by atoms with Crippen molar-refractivity contribution in [2.45, 2.75) is 25.6 Å². The third kappa shape index (κ3) is 2.64. The molecule has 1 aromatic carbocycles. The highest BCUT2D eigenvalue weighted by atomic mass is 19.4. The van der Waals surface area contributed by atoms with Crippen molar-refractivity contribution < 1.29 is 13.2 Å². The van der Waals surface area contributed by atoms with E-state index in [4.69, 9.17) is 5.73 Å². The van der Waals surface area contributed by atoms with E-state index in [-0.39, 0.29) is 0 Å². The number of fused-ring (bicyclic) bond motifs is 1. The maximum atomic E-state index is 12.6. The van der Waals surface area contributed by atoms with Gasteiger partial charge in [0.15, 0.2) is 0 Å². The van der Waals surface area contributed by atoms with Crippen LogP contribution in [0.25, 0.3) is 16.8 Å². The highest BCUT2D eigenvalue weighted by Gasteiger charge is 2.30. The van der Waals surface area contributed by atoms with Gasteiger partial charge in [0.25, 0.3) is 0 Å². The molecule has 3 rings (SSSR count). The molecule has 0 radical (unpaired) electrons. The van der Waals surface area contributed by atoms with E-state index in [2.05, 4.69) is 10.3 Å². The first-order chi connectivity index (χ1) is 10.5. The molecule has 2 N–H and O–H groups in total. The number of aromatic nitrogens is 3. The summed E-state index contributed by atoms with van der Waals surface area (Å²) in [5, 5.41) is 8.24. The molecule has 1 aliphatic heterocycles. The Morgan fingerprint density at radius 2 is 1.95 bits per heavy atom. The van der Waals surface area contributed by atoms with Gasteiger partial charge in [-0.2, -0.15) is 13.2 Å². The highest BCUT2D eigenvalue weighted by Crippen LogP contribution is 2.35. The molecule has 0 bridgehead atoms. The third-order valence-electron chi connectivity index (χ3n) is 3.71. The van der Waals surface area contributed by atoms with E-state index in [1.165, 1.54) is 12.1 Å². The number of allylic oxidation sites excluding steroid dienone is 1. The van der Waals surface area contributed by atoms with Crippen molar-refractivity contribution in [2.75, 3.05) is 6.54 Å². The first-order valence-corrected chi connectivity index (χ1v) is 7.01.